The zero-order chi connectivity index (χ0) is 11.0. The minimum absolute atomic E-state index is 0.294. The van der Waals surface area contributed by atoms with Crippen molar-refractivity contribution in [1.29, 1.82) is 0 Å². The van der Waals surface area contributed by atoms with E-state index < -0.39 is 29.0 Å². The highest BCUT2D eigenvalue weighted by Gasteiger charge is 2.38. The van der Waals surface area contributed by atoms with Crippen molar-refractivity contribution >= 4 is 10.2 Å². The smallest absolute Gasteiger partial charge is 0.326 e. The molecule has 0 aromatic rings. The summed E-state index contributed by atoms with van der Waals surface area (Å²) in [5.41, 5.74) is 5.28. The predicted octanol–water partition coefficient (Wildman–Crippen LogP) is -0.928. The van der Waals surface area contributed by atoms with Crippen LogP contribution in [0.2, 0.25) is 0 Å². The first-order valence-electron chi connectivity index (χ1n) is 3.79. The number of halogens is 3. The maximum Gasteiger partial charge on any atom is 0.402 e. The topological polar surface area (TPSA) is 84.2 Å². The molecule has 1 aliphatic rings. The van der Waals surface area contributed by atoms with Gasteiger partial charge in [-0.2, -0.15) is 31.0 Å². The Labute approximate surface area is 79.0 Å². The second kappa shape index (κ2) is 3.65. The first kappa shape index (κ1) is 11.7. The van der Waals surface area contributed by atoms with Crippen LogP contribution in [0, 0.1) is 0 Å². The molecule has 2 unspecified atom stereocenters. The summed E-state index contributed by atoms with van der Waals surface area (Å²) in [4.78, 5) is 0. The minimum Gasteiger partial charge on any atom is -0.326 e. The van der Waals surface area contributed by atoms with Crippen molar-refractivity contribution in [2.45, 2.75) is 24.7 Å². The van der Waals surface area contributed by atoms with Gasteiger partial charge in [-0.05, 0) is 6.42 Å². The zero-order valence-electron chi connectivity index (χ0n) is 7.00. The monoisotopic (exact) mass is 233 g/mol. The van der Waals surface area contributed by atoms with Gasteiger partial charge in [0.25, 0.3) is 10.2 Å². The van der Waals surface area contributed by atoms with Gasteiger partial charge in [-0.25, -0.2) is 0 Å². The molecule has 2 atom stereocenters. The molecular formula is C5H10F3N3O2S. The molecule has 84 valence electrons. The van der Waals surface area contributed by atoms with Gasteiger partial charge in [0.05, 0.1) is 0 Å². The highest BCUT2D eigenvalue weighted by Crippen LogP contribution is 2.18. The third-order valence-electron chi connectivity index (χ3n) is 1.61. The molecule has 0 aliphatic heterocycles. The highest BCUT2D eigenvalue weighted by molar-refractivity contribution is 7.87. The summed E-state index contributed by atoms with van der Waals surface area (Å²) < 4.78 is 60.1. The second-order valence-electron chi connectivity index (χ2n) is 3.06. The van der Waals surface area contributed by atoms with Crippen molar-refractivity contribution in [3.63, 3.8) is 0 Å². The molecular weight excluding hydrogens is 223 g/mol. The molecule has 0 saturated heterocycles. The predicted molar refractivity (Wildman–Crippen MR) is 42.5 cm³/mol. The highest BCUT2D eigenvalue weighted by atomic mass is 32.2. The number of nitrogens with one attached hydrogen (secondary N) is 2. The maximum absolute atomic E-state index is 11.6. The average Bonchev–Trinajstić information content (AvgIpc) is 2.60. The van der Waals surface area contributed by atoms with Crippen LogP contribution in [0.25, 0.3) is 0 Å². The molecule has 0 heterocycles. The van der Waals surface area contributed by atoms with Gasteiger partial charge in [0.2, 0.25) is 0 Å². The van der Waals surface area contributed by atoms with Crippen LogP contribution in [0.15, 0.2) is 0 Å². The van der Waals surface area contributed by atoms with Crippen molar-refractivity contribution in [2.24, 2.45) is 5.73 Å². The molecule has 1 rings (SSSR count). The first-order valence-corrected chi connectivity index (χ1v) is 5.27. The quantitative estimate of drug-likeness (QED) is 0.586. The molecule has 14 heavy (non-hydrogen) atoms. The van der Waals surface area contributed by atoms with Gasteiger partial charge in [0, 0.05) is 12.1 Å². The van der Waals surface area contributed by atoms with E-state index in [0.717, 1.165) is 0 Å². The third kappa shape index (κ3) is 4.22. The van der Waals surface area contributed by atoms with Crippen LogP contribution in [0.5, 0.6) is 0 Å². The molecule has 0 aromatic heterocycles. The SMILES string of the molecule is NC1CC1NS(=O)(=O)NCC(F)(F)F. The average molecular weight is 233 g/mol. The molecule has 1 saturated carbocycles. The van der Waals surface area contributed by atoms with Gasteiger partial charge in [0.15, 0.2) is 0 Å². The van der Waals surface area contributed by atoms with Crippen molar-refractivity contribution in [3.8, 4) is 0 Å². The van der Waals surface area contributed by atoms with Crippen molar-refractivity contribution in [1.82, 2.24) is 9.44 Å². The number of rotatable bonds is 4. The standard InChI is InChI=1S/C5H10F3N3O2S/c6-5(7,8)2-10-14(12,13)11-4-1-3(4)9/h3-4,10-11H,1-2,9H2. The minimum atomic E-state index is -4.56. The molecule has 1 fully saturated rings. The van der Waals surface area contributed by atoms with Crippen LogP contribution in [0.3, 0.4) is 0 Å². The Morgan fingerprint density at radius 1 is 1.43 bits per heavy atom. The Kier molecular flexibility index (Phi) is 3.04. The molecule has 4 N–H and O–H groups in total. The maximum atomic E-state index is 11.6. The summed E-state index contributed by atoms with van der Waals surface area (Å²) in [6.45, 7) is -1.58. The molecule has 9 heteroatoms. The van der Waals surface area contributed by atoms with Gasteiger partial charge in [-0.15, -0.1) is 0 Å². The van der Waals surface area contributed by atoms with E-state index in [4.69, 9.17) is 5.73 Å². The van der Waals surface area contributed by atoms with Crippen LogP contribution >= 0.6 is 0 Å². The fourth-order valence-corrected chi connectivity index (χ4v) is 1.87. The lowest BCUT2D eigenvalue weighted by molar-refractivity contribution is -0.121. The van der Waals surface area contributed by atoms with Crippen molar-refractivity contribution in [3.05, 3.63) is 0 Å². The van der Waals surface area contributed by atoms with E-state index in [2.05, 4.69) is 0 Å². The third-order valence-corrected chi connectivity index (χ3v) is 2.75. The molecule has 0 radical (unpaired) electrons. The summed E-state index contributed by atoms with van der Waals surface area (Å²) in [5, 5.41) is 0. The van der Waals surface area contributed by atoms with E-state index in [9.17, 15) is 21.6 Å². The van der Waals surface area contributed by atoms with Crippen LogP contribution in [0.1, 0.15) is 6.42 Å². The first-order chi connectivity index (χ1) is 6.20. The Bertz CT molecular complexity index is 302. The molecule has 5 nitrogen and oxygen atoms in total. The summed E-state index contributed by atoms with van der Waals surface area (Å²) in [6, 6.07) is -0.738. The summed E-state index contributed by atoms with van der Waals surface area (Å²) >= 11 is 0. The Balaban J connectivity index is 2.35. The van der Waals surface area contributed by atoms with E-state index in [1.807, 2.05) is 4.72 Å². The van der Waals surface area contributed by atoms with Crippen LogP contribution in [0.4, 0.5) is 13.2 Å². The number of hydrogen-bond acceptors (Lipinski definition) is 3. The van der Waals surface area contributed by atoms with Crippen LogP contribution in [-0.4, -0.2) is 33.2 Å². The lowest BCUT2D eigenvalue weighted by atomic mass is 10.7. The summed E-state index contributed by atoms with van der Waals surface area (Å²) in [7, 11) is -4.08. The van der Waals surface area contributed by atoms with E-state index in [-0.39, 0.29) is 6.04 Å². The number of hydrogen-bond donors (Lipinski definition) is 3. The number of nitrogens with two attached hydrogens (primary N) is 1. The lowest BCUT2D eigenvalue weighted by Crippen LogP contribution is -2.43. The molecule has 0 spiro atoms. The van der Waals surface area contributed by atoms with Gasteiger partial charge in [0.1, 0.15) is 6.54 Å². The molecule has 1 aliphatic carbocycles. The summed E-state index contributed by atoms with van der Waals surface area (Å²) in [5.74, 6) is 0. The fraction of sp³-hybridized carbons (Fsp3) is 1.00. The Morgan fingerprint density at radius 2 is 1.93 bits per heavy atom. The van der Waals surface area contributed by atoms with Crippen LogP contribution in [-0.2, 0) is 10.2 Å². The van der Waals surface area contributed by atoms with Crippen molar-refractivity contribution < 1.29 is 21.6 Å². The van der Waals surface area contributed by atoms with Crippen molar-refractivity contribution in [2.75, 3.05) is 6.54 Å². The van der Waals surface area contributed by atoms with E-state index in [1.165, 1.54) is 4.72 Å². The Morgan fingerprint density at radius 3 is 2.29 bits per heavy atom. The zero-order valence-corrected chi connectivity index (χ0v) is 7.82. The lowest BCUT2D eigenvalue weighted by Gasteiger charge is -2.09. The molecule has 0 bridgehead atoms. The van der Waals surface area contributed by atoms with Gasteiger partial charge >= 0.3 is 6.18 Å². The van der Waals surface area contributed by atoms with E-state index >= 15 is 0 Å². The van der Waals surface area contributed by atoms with Crippen LogP contribution < -0.4 is 15.2 Å². The number of alkyl halides is 3. The largest absolute Gasteiger partial charge is 0.402 e. The second-order valence-corrected chi connectivity index (χ2v) is 4.59. The molecule has 0 amide bonds. The normalized spacial score (nSPS) is 27.7. The Hall–Kier alpha value is -0.380. The molecule has 0 aromatic carbocycles. The van der Waals surface area contributed by atoms with Gasteiger partial charge in [-0.1, -0.05) is 0 Å². The van der Waals surface area contributed by atoms with Gasteiger partial charge in [-0.3, -0.25) is 0 Å². The summed E-state index contributed by atoms with van der Waals surface area (Å²) in [6.07, 6.45) is -4.10. The van der Waals surface area contributed by atoms with Gasteiger partial charge < -0.3 is 5.73 Å². The van der Waals surface area contributed by atoms with E-state index in [1.54, 1.807) is 0 Å². The fourth-order valence-electron chi connectivity index (χ4n) is 0.768. The van der Waals surface area contributed by atoms with E-state index in [0.29, 0.717) is 6.42 Å².